The van der Waals surface area contributed by atoms with E-state index in [9.17, 15) is 0 Å². The van der Waals surface area contributed by atoms with Gasteiger partial charge in [0.25, 0.3) is 0 Å². The van der Waals surface area contributed by atoms with Crippen molar-refractivity contribution in [2.45, 2.75) is 110 Å². The van der Waals surface area contributed by atoms with Gasteiger partial charge >= 0.3 is 0 Å². The van der Waals surface area contributed by atoms with Crippen molar-refractivity contribution < 1.29 is 0 Å². The van der Waals surface area contributed by atoms with Crippen LogP contribution < -0.4 is 5.32 Å². The molecule has 0 spiro atoms. The van der Waals surface area contributed by atoms with Gasteiger partial charge in [-0.2, -0.15) is 0 Å². The van der Waals surface area contributed by atoms with E-state index in [1.807, 2.05) is 0 Å². The molecule has 0 aliphatic heterocycles. The number of unbranched alkanes of at least 4 members (excludes halogenated alkanes) is 15. The summed E-state index contributed by atoms with van der Waals surface area (Å²) in [7, 11) is 0. The van der Waals surface area contributed by atoms with E-state index in [0.717, 1.165) is 17.2 Å². The van der Waals surface area contributed by atoms with E-state index in [0.29, 0.717) is 0 Å². The Morgan fingerprint density at radius 3 is 1.71 bits per heavy atom. The molecule has 1 heterocycles. The van der Waals surface area contributed by atoms with Crippen molar-refractivity contribution in [2.75, 3.05) is 11.9 Å². The van der Waals surface area contributed by atoms with Gasteiger partial charge in [-0.1, -0.05) is 127 Å². The molecule has 1 aromatic heterocycles. The minimum absolute atomic E-state index is 1.05. The molecule has 1 aromatic carbocycles. The fourth-order valence-electron chi connectivity index (χ4n) is 3.82. The van der Waals surface area contributed by atoms with E-state index in [2.05, 4.69) is 41.5 Å². The summed E-state index contributed by atoms with van der Waals surface area (Å²) in [6.45, 7) is 3.35. The Morgan fingerprint density at radius 1 is 0.679 bits per heavy atom. The van der Waals surface area contributed by atoms with Gasteiger partial charge in [0.1, 0.15) is 0 Å². The summed E-state index contributed by atoms with van der Waals surface area (Å²) in [5.74, 6) is 0. The number of nitrogens with zero attached hydrogens (tertiary/aromatic N) is 1. The lowest BCUT2D eigenvalue weighted by molar-refractivity contribution is 0.530. The highest BCUT2D eigenvalue weighted by atomic mass is 32.1. The van der Waals surface area contributed by atoms with Gasteiger partial charge in [-0.25, -0.2) is 4.98 Å². The van der Waals surface area contributed by atoms with Crippen LogP contribution in [0.25, 0.3) is 10.2 Å². The molecule has 1 N–H and O–H groups in total. The average molecular weight is 403 g/mol. The highest BCUT2D eigenvalue weighted by molar-refractivity contribution is 7.22. The monoisotopic (exact) mass is 402 g/mol. The molecule has 3 heteroatoms. The van der Waals surface area contributed by atoms with E-state index in [1.54, 1.807) is 11.3 Å². The van der Waals surface area contributed by atoms with Crippen molar-refractivity contribution in [2.24, 2.45) is 0 Å². The zero-order valence-electron chi connectivity index (χ0n) is 18.2. The lowest BCUT2D eigenvalue weighted by Gasteiger charge is -2.04. The maximum absolute atomic E-state index is 4.63. The molecule has 158 valence electrons. The van der Waals surface area contributed by atoms with Crippen molar-refractivity contribution in [3.63, 3.8) is 0 Å². The first kappa shape index (κ1) is 23.2. The number of anilines is 1. The van der Waals surface area contributed by atoms with Crippen molar-refractivity contribution >= 4 is 26.7 Å². The summed E-state index contributed by atoms with van der Waals surface area (Å²) >= 11 is 1.76. The van der Waals surface area contributed by atoms with Gasteiger partial charge in [-0.3, -0.25) is 0 Å². The minimum Gasteiger partial charge on any atom is -0.361 e. The number of nitrogens with one attached hydrogen (secondary N) is 1. The van der Waals surface area contributed by atoms with Gasteiger partial charge in [0.2, 0.25) is 0 Å². The van der Waals surface area contributed by atoms with Crippen molar-refractivity contribution in [1.82, 2.24) is 4.98 Å². The maximum atomic E-state index is 4.63. The van der Waals surface area contributed by atoms with Crippen LogP contribution in [0.4, 0.5) is 5.13 Å². The van der Waals surface area contributed by atoms with E-state index in [-0.39, 0.29) is 0 Å². The largest absolute Gasteiger partial charge is 0.361 e. The van der Waals surface area contributed by atoms with E-state index < -0.39 is 0 Å². The number of rotatable bonds is 18. The van der Waals surface area contributed by atoms with E-state index in [4.69, 9.17) is 0 Å². The summed E-state index contributed by atoms with van der Waals surface area (Å²) in [5, 5.41) is 4.56. The van der Waals surface area contributed by atoms with Crippen LogP contribution in [0.2, 0.25) is 0 Å². The van der Waals surface area contributed by atoms with Gasteiger partial charge in [0.05, 0.1) is 10.2 Å². The summed E-state index contributed by atoms with van der Waals surface area (Å²) in [6, 6.07) is 8.37. The Bertz CT molecular complexity index is 574. The second-order valence-corrected chi connectivity index (χ2v) is 9.25. The molecular weight excluding hydrogens is 360 g/mol. The van der Waals surface area contributed by atoms with Gasteiger partial charge in [0.15, 0.2) is 5.13 Å². The molecule has 0 bridgehead atoms. The molecule has 2 nitrogen and oxygen atoms in total. The topological polar surface area (TPSA) is 24.9 Å². The summed E-state index contributed by atoms with van der Waals surface area (Å²) in [5.41, 5.74) is 1.11. The number of para-hydroxylation sites is 1. The Hall–Kier alpha value is -1.09. The lowest BCUT2D eigenvalue weighted by Crippen LogP contribution is -2.00. The highest BCUT2D eigenvalue weighted by Gasteiger charge is 2.01. The van der Waals surface area contributed by atoms with E-state index >= 15 is 0 Å². The van der Waals surface area contributed by atoms with Crippen molar-refractivity contribution in [1.29, 1.82) is 0 Å². The smallest absolute Gasteiger partial charge is 0.183 e. The molecule has 0 radical (unpaired) electrons. The molecule has 0 aliphatic rings. The fourth-order valence-corrected chi connectivity index (χ4v) is 4.71. The lowest BCUT2D eigenvalue weighted by atomic mass is 10.0. The quantitative estimate of drug-likeness (QED) is 0.252. The summed E-state index contributed by atoms with van der Waals surface area (Å²) in [6.07, 6.45) is 22.8. The molecule has 0 fully saturated rings. The number of thiazole rings is 1. The Morgan fingerprint density at radius 2 is 1.18 bits per heavy atom. The van der Waals surface area contributed by atoms with Crippen LogP contribution in [0.15, 0.2) is 24.3 Å². The predicted octanol–water partition coefficient (Wildman–Crippen LogP) is 8.97. The number of hydrogen-bond donors (Lipinski definition) is 1. The Balaban J connectivity index is 1.30. The molecule has 0 unspecified atom stereocenters. The molecule has 0 saturated heterocycles. The molecular formula is C25H42N2S. The Labute approximate surface area is 177 Å². The highest BCUT2D eigenvalue weighted by Crippen LogP contribution is 2.25. The van der Waals surface area contributed by atoms with Crippen LogP contribution in [-0.4, -0.2) is 11.5 Å². The number of aromatic nitrogens is 1. The normalized spacial score (nSPS) is 11.3. The Kier molecular flexibility index (Phi) is 13.1. The molecule has 0 amide bonds. The zero-order chi connectivity index (χ0) is 19.7. The standard InChI is InChI=1S/C25H42N2S/c1-2-3-4-5-6-7-8-9-10-11-12-13-14-15-16-19-22-26-25-27-23-20-17-18-21-24(23)28-25/h17-18,20-21H,2-16,19,22H2,1H3,(H,26,27). The third-order valence-corrected chi connectivity index (χ3v) is 6.59. The van der Waals surface area contributed by atoms with Gasteiger partial charge < -0.3 is 5.32 Å². The fraction of sp³-hybridized carbons (Fsp3) is 0.720. The predicted molar refractivity (Wildman–Crippen MR) is 128 cm³/mol. The molecule has 2 aromatic rings. The first-order chi connectivity index (χ1) is 13.9. The van der Waals surface area contributed by atoms with Crippen LogP contribution in [0, 0.1) is 0 Å². The SMILES string of the molecule is CCCCCCCCCCCCCCCCCCNc1nc2ccccc2s1. The third-order valence-electron chi connectivity index (χ3n) is 5.60. The van der Waals surface area contributed by atoms with Crippen molar-refractivity contribution in [3.05, 3.63) is 24.3 Å². The van der Waals surface area contributed by atoms with Crippen LogP contribution in [0.5, 0.6) is 0 Å². The van der Waals surface area contributed by atoms with Crippen LogP contribution in [0.3, 0.4) is 0 Å². The average Bonchev–Trinajstić information content (AvgIpc) is 3.13. The van der Waals surface area contributed by atoms with Gasteiger partial charge in [0, 0.05) is 6.54 Å². The molecule has 0 atom stereocenters. The second-order valence-electron chi connectivity index (χ2n) is 8.22. The van der Waals surface area contributed by atoms with Crippen LogP contribution in [-0.2, 0) is 0 Å². The first-order valence-electron chi connectivity index (χ1n) is 12.0. The molecule has 2 rings (SSSR count). The van der Waals surface area contributed by atoms with Crippen molar-refractivity contribution in [3.8, 4) is 0 Å². The van der Waals surface area contributed by atoms with Gasteiger partial charge in [-0.05, 0) is 18.6 Å². The number of fused-ring (bicyclic) bond motifs is 1. The molecule has 28 heavy (non-hydrogen) atoms. The van der Waals surface area contributed by atoms with Crippen LogP contribution in [0.1, 0.15) is 110 Å². The summed E-state index contributed by atoms with van der Waals surface area (Å²) < 4.78 is 1.27. The van der Waals surface area contributed by atoms with Crippen LogP contribution >= 0.6 is 11.3 Å². The van der Waals surface area contributed by atoms with Gasteiger partial charge in [-0.15, -0.1) is 0 Å². The second kappa shape index (κ2) is 15.8. The molecule has 0 saturated carbocycles. The van der Waals surface area contributed by atoms with E-state index in [1.165, 1.54) is 107 Å². The zero-order valence-corrected chi connectivity index (χ0v) is 19.0. The maximum Gasteiger partial charge on any atom is 0.183 e. The first-order valence-corrected chi connectivity index (χ1v) is 12.8. The third kappa shape index (κ3) is 10.5. The molecule has 0 aliphatic carbocycles. The minimum atomic E-state index is 1.05. The summed E-state index contributed by atoms with van der Waals surface area (Å²) in [4.78, 5) is 4.63. The number of hydrogen-bond acceptors (Lipinski definition) is 3. The number of benzene rings is 1.